The fourth-order valence-electron chi connectivity index (χ4n) is 4.30. The van der Waals surface area contributed by atoms with Gasteiger partial charge in [-0.15, -0.1) is 0 Å². The molecule has 23 heavy (non-hydrogen) atoms. The number of ether oxygens (including phenoxy) is 1. The predicted molar refractivity (Wildman–Crippen MR) is 94.3 cm³/mol. The molecule has 0 fully saturated rings. The Kier molecular flexibility index (Phi) is 2.69. The van der Waals surface area contributed by atoms with E-state index in [0.717, 1.165) is 18.7 Å². The Hall–Kier alpha value is -2.48. The lowest BCUT2D eigenvalue weighted by Crippen LogP contribution is -2.46. The van der Waals surface area contributed by atoms with E-state index in [2.05, 4.69) is 72.5 Å². The van der Waals surface area contributed by atoms with Crippen LogP contribution in [0.2, 0.25) is 0 Å². The van der Waals surface area contributed by atoms with Crippen molar-refractivity contribution in [2.45, 2.75) is 25.5 Å². The molecule has 2 bridgehead atoms. The number of hydrogen-bond acceptors (Lipinski definition) is 2. The van der Waals surface area contributed by atoms with Gasteiger partial charge in [-0.05, 0) is 35.4 Å². The first-order valence-corrected chi connectivity index (χ1v) is 8.40. The topological polar surface area (TPSA) is 12.5 Å². The molecule has 3 aromatic carbocycles. The zero-order valence-corrected chi connectivity index (χ0v) is 13.2. The number of nitrogens with zero attached hydrogens (tertiary/aromatic N) is 1. The summed E-state index contributed by atoms with van der Waals surface area (Å²) in [6, 6.07) is 21.8. The van der Waals surface area contributed by atoms with Gasteiger partial charge in [-0.1, -0.05) is 48.5 Å². The van der Waals surface area contributed by atoms with Gasteiger partial charge in [0.2, 0.25) is 0 Å². The molecule has 3 aromatic rings. The van der Waals surface area contributed by atoms with Gasteiger partial charge in [-0.3, -0.25) is 0 Å². The molecule has 2 aliphatic heterocycles. The molecule has 2 aliphatic rings. The Morgan fingerprint density at radius 1 is 1.00 bits per heavy atom. The molecule has 5 rings (SSSR count). The fourth-order valence-corrected chi connectivity index (χ4v) is 4.30. The number of hydrogen-bond donors (Lipinski definition) is 0. The van der Waals surface area contributed by atoms with E-state index in [1.165, 1.54) is 27.6 Å². The van der Waals surface area contributed by atoms with E-state index in [1.807, 2.05) is 0 Å². The molecule has 2 nitrogen and oxygen atoms in total. The Bertz CT molecular complexity index is 901. The van der Waals surface area contributed by atoms with E-state index >= 15 is 0 Å². The van der Waals surface area contributed by atoms with Gasteiger partial charge >= 0.3 is 0 Å². The van der Waals surface area contributed by atoms with Gasteiger partial charge in [0, 0.05) is 30.1 Å². The van der Waals surface area contributed by atoms with Gasteiger partial charge in [0.05, 0.1) is 0 Å². The summed E-state index contributed by atoms with van der Waals surface area (Å²) in [5.41, 5.74) is 4.13. The maximum atomic E-state index is 6.40. The lowest BCUT2D eigenvalue weighted by Gasteiger charge is -2.45. The minimum atomic E-state index is 0.147. The Balaban J connectivity index is 1.81. The third-order valence-corrected chi connectivity index (χ3v) is 5.29. The summed E-state index contributed by atoms with van der Waals surface area (Å²) < 4.78 is 6.40. The number of para-hydroxylation sites is 1. The lowest BCUT2D eigenvalue weighted by atomic mass is 9.79. The first kappa shape index (κ1) is 13.0. The summed E-state index contributed by atoms with van der Waals surface area (Å²) in [6.07, 6.45) is 1.18. The molecule has 0 spiro atoms. The zero-order chi connectivity index (χ0) is 15.4. The summed E-state index contributed by atoms with van der Waals surface area (Å²) in [5.74, 6) is 1.48. The van der Waals surface area contributed by atoms with Crippen LogP contribution in [0.4, 0.5) is 5.69 Å². The number of benzene rings is 3. The Morgan fingerprint density at radius 2 is 1.83 bits per heavy atom. The van der Waals surface area contributed by atoms with E-state index in [0.29, 0.717) is 5.92 Å². The molecule has 2 unspecified atom stereocenters. The highest BCUT2D eigenvalue weighted by Gasteiger charge is 2.39. The van der Waals surface area contributed by atoms with Crippen LogP contribution in [0.25, 0.3) is 10.8 Å². The average molecular weight is 301 g/mol. The van der Waals surface area contributed by atoms with Crippen molar-refractivity contribution in [3.05, 3.63) is 71.8 Å². The molecule has 2 heterocycles. The first-order chi connectivity index (χ1) is 11.4. The molecule has 0 radical (unpaired) electrons. The van der Waals surface area contributed by atoms with Gasteiger partial charge in [0.25, 0.3) is 0 Å². The van der Waals surface area contributed by atoms with E-state index < -0.39 is 0 Å². The van der Waals surface area contributed by atoms with Crippen LogP contribution in [0, 0.1) is 0 Å². The highest BCUT2D eigenvalue weighted by Crippen LogP contribution is 2.50. The van der Waals surface area contributed by atoms with Crippen LogP contribution < -0.4 is 9.64 Å². The van der Waals surface area contributed by atoms with Crippen LogP contribution >= 0.6 is 0 Å². The molecule has 0 aliphatic carbocycles. The Labute approximate surface area is 136 Å². The van der Waals surface area contributed by atoms with Crippen LogP contribution in [0.5, 0.6) is 5.75 Å². The third-order valence-electron chi connectivity index (χ3n) is 5.29. The molecule has 114 valence electrons. The molecule has 0 aromatic heterocycles. The molecule has 2 heteroatoms. The van der Waals surface area contributed by atoms with Crippen molar-refractivity contribution in [2.24, 2.45) is 0 Å². The van der Waals surface area contributed by atoms with Crippen molar-refractivity contribution >= 4 is 16.5 Å². The van der Waals surface area contributed by atoms with Gasteiger partial charge in [-0.2, -0.15) is 0 Å². The standard InChI is InChI=1S/C21H19NO/c1-2-22-18-10-6-5-9-16(18)17-13-20(22)23-19-12-11-14-7-3-4-8-15(14)21(17)19/h3-12,17,20H,2,13H2,1H3. The van der Waals surface area contributed by atoms with Gasteiger partial charge in [0.1, 0.15) is 5.75 Å². The molecule has 0 N–H and O–H groups in total. The van der Waals surface area contributed by atoms with Crippen LogP contribution in [-0.4, -0.2) is 12.8 Å². The van der Waals surface area contributed by atoms with Gasteiger partial charge in [-0.25, -0.2) is 0 Å². The minimum absolute atomic E-state index is 0.147. The monoisotopic (exact) mass is 301 g/mol. The Morgan fingerprint density at radius 3 is 2.74 bits per heavy atom. The summed E-state index contributed by atoms with van der Waals surface area (Å²) in [4.78, 5) is 2.39. The molecule has 0 saturated carbocycles. The van der Waals surface area contributed by atoms with E-state index in [-0.39, 0.29) is 6.23 Å². The highest BCUT2D eigenvalue weighted by atomic mass is 16.5. The predicted octanol–water partition coefficient (Wildman–Crippen LogP) is 4.92. The van der Waals surface area contributed by atoms with Crippen molar-refractivity contribution in [1.82, 2.24) is 0 Å². The fraction of sp³-hybridized carbons (Fsp3) is 0.238. The maximum Gasteiger partial charge on any atom is 0.173 e. The molecule has 2 atom stereocenters. The maximum absolute atomic E-state index is 6.40. The normalized spacial score (nSPS) is 21.5. The SMILES string of the molecule is CCN1c2ccccc2C2CC1Oc1ccc3ccccc3c12. The van der Waals surface area contributed by atoms with Crippen LogP contribution in [-0.2, 0) is 0 Å². The summed E-state index contributed by atoms with van der Waals surface area (Å²) in [6.45, 7) is 3.17. The molecule has 0 amide bonds. The van der Waals surface area contributed by atoms with Gasteiger partial charge < -0.3 is 9.64 Å². The van der Waals surface area contributed by atoms with E-state index in [4.69, 9.17) is 4.74 Å². The zero-order valence-electron chi connectivity index (χ0n) is 13.2. The van der Waals surface area contributed by atoms with Crippen molar-refractivity contribution in [1.29, 1.82) is 0 Å². The van der Waals surface area contributed by atoms with Crippen LogP contribution in [0.1, 0.15) is 30.4 Å². The quantitative estimate of drug-likeness (QED) is 0.632. The summed E-state index contributed by atoms with van der Waals surface area (Å²) >= 11 is 0. The summed E-state index contributed by atoms with van der Waals surface area (Å²) in [5, 5.41) is 2.62. The highest BCUT2D eigenvalue weighted by molar-refractivity contribution is 5.89. The summed E-state index contributed by atoms with van der Waals surface area (Å²) in [7, 11) is 0. The van der Waals surface area contributed by atoms with Crippen molar-refractivity contribution < 1.29 is 4.74 Å². The van der Waals surface area contributed by atoms with Crippen LogP contribution in [0.15, 0.2) is 60.7 Å². The van der Waals surface area contributed by atoms with E-state index in [1.54, 1.807) is 0 Å². The molecular formula is C21H19NO. The second-order valence-electron chi connectivity index (χ2n) is 6.40. The first-order valence-electron chi connectivity index (χ1n) is 8.40. The van der Waals surface area contributed by atoms with Gasteiger partial charge in [0.15, 0.2) is 6.23 Å². The number of anilines is 1. The number of fused-ring (bicyclic) bond motifs is 8. The largest absolute Gasteiger partial charge is 0.470 e. The number of rotatable bonds is 1. The molecular weight excluding hydrogens is 282 g/mol. The third kappa shape index (κ3) is 1.75. The minimum Gasteiger partial charge on any atom is -0.470 e. The van der Waals surface area contributed by atoms with Crippen LogP contribution in [0.3, 0.4) is 0 Å². The second kappa shape index (κ2) is 4.76. The molecule has 0 saturated heterocycles. The lowest BCUT2D eigenvalue weighted by molar-refractivity contribution is 0.154. The van der Waals surface area contributed by atoms with Crippen molar-refractivity contribution in [3.8, 4) is 5.75 Å². The van der Waals surface area contributed by atoms with E-state index in [9.17, 15) is 0 Å². The van der Waals surface area contributed by atoms with Crippen molar-refractivity contribution in [3.63, 3.8) is 0 Å². The second-order valence-corrected chi connectivity index (χ2v) is 6.40. The van der Waals surface area contributed by atoms with Crippen molar-refractivity contribution in [2.75, 3.05) is 11.4 Å². The smallest absolute Gasteiger partial charge is 0.173 e. The average Bonchev–Trinajstić information content (AvgIpc) is 2.61.